The number of rotatable bonds is 9. The molecular weight excluding hydrogens is 424 g/mol. The van der Waals surface area contributed by atoms with Crippen LogP contribution < -0.4 is 14.8 Å². The van der Waals surface area contributed by atoms with Gasteiger partial charge in [-0.3, -0.25) is 19.4 Å². The summed E-state index contributed by atoms with van der Waals surface area (Å²) in [6.07, 6.45) is 3.50. The Labute approximate surface area is 195 Å². The Morgan fingerprint density at radius 3 is 2.58 bits per heavy atom. The normalized spacial score (nSPS) is 22.4. The summed E-state index contributed by atoms with van der Waals surface area (Å²) >= 11 is 0. The topological polar surface area (TPSA) is 91.4 Å². The zero-order valence-corrected chi connectivity index (χ0v) is 19.8. The number of amides is 4. The molecule has 3 heterocycles. The van der Waals surface area contributed by atoms with Gasteiger partial charge in [-0.1, -0.05) is 6.92 Å². The van der Waals surface area contributed by atoms with Crippen LogP contribution in [0.3, 0.4) is 0 Å². The Balaban J connectivity index is 1.30. The van der Waals surface area contributed by atoms with Crippen LogP contribution in [0.4, 0.5) is 4.79 Å². The van der Waals surface area contributed by atoms with E-state index in [2.05, 4.69) is 17.1 Å². The molecule has 0 saturated carbocycles. The number of carbonyl (C=O) groups is 3. The lowest BCUT2D eigenvalue weighted by Crippen LogP contribution is -2.40. The number of ether oxygens (including phenoxy) is 2. The molecule has 2 saturated heterocycles. The maximum Gasteiger partial charge on any atom is 0.327 e. The predicted molar refractivity (Wildman–Crippen MR) is 122 cm³/mol. The van der Waals surface area contributed by atoms with Crippen molar-refractivity contribution >= 4 is 17.8 Å². The SMILES string of the molecule is CCN1CCC[C@@H]1CNC(=O)CCCN1C(=O)[C@H]2Cc3cc(OC)c(OC)cc3CN2C1=O. The Morgan fingerprint density at radius 1 is 1.15 bits per heavy atom. The van der Waals surface area contributed by atoms with Gasteiger partial charge in [0.1, 0.15) is 6.04 Å². The number of nitrogens with zero attached hydrogens (tertiary/aromatic N) is 3. The van der Waals surface area contributed by atoms with E-state index < -0.39 is 6.04 Å². The highest BCUT2D eigenvalue weighted by molar-refractivity contribution is 6.04. The first-order valence-corrected chi connectivity index (χ1v) is 11.8. The molecule has 3 aliphatic rings. The summed E-state index contributed by atoms with van der Waals surface area (Å²) in [7, 11) is 3.15. The van der Waals surface area contributed by atoms with Crippen molar-refractivity contribution in [2.75, 3.05) is 40.4 Å². The zero-order chi connectivity index (χ0) is 23.5. The number of imide groups is 1. The van der Waals surface area contributed by atoms with Crippen LogP contribution in [-0.2, 0) is 22.6 Å². The maximum atomic E-state index is 13.0. The first-order chi connectivity index (χ1) is 16.0. The van der Waals surface area contributed by atoms with Gasteiger partial charge in [0.25, 0.3) is 5.91 Å². The molecule has 180 valence electrons. The van der Waals surface area contributed by atoms with Crippen LogP contribution in [-0.4, -0.2) is 85.0 Å². The number of benzene rings is 1. The molecule has 0 bridgehead atoms. The molecule has 2 fully saturated rings. The molecule has 1 N–H and O–H groups in total. The third-order valence-corrected chi connectivity index (χ3v) is 7.09. The molecule has 0 radical (unpaired) electrons. The number of carbonyl (C=O) groups excluding carboxylic acids is 3. The van der Waals surface area contributed by atoms with Crippen molar-refractivity contribution in [2.24, 2.45) is 0 Å². The lowest BCUT2D eigenvalue weighted by molar-refractivity contribution is -0.129. The van der Waals surface area contributed by atoms with E-state index in [9.17, 15) is 14.4 Å². The van der Waals surface area contributed by atoms with Gasteiger partial charge in [0.05, 0.1) is 14.2 Å². The fourth-order valence-corrected chi connectivity index (χ4v) is 5.23. The number of likely N-dealkylation sites (tertiary alicyclic amines) is 1. The molecule has 9 nitrogen and oxygen atoms in total. The van der Waals surface area contributed by atoms with Gasteiger partial charge in [-0.05, 0) is 55.6 Å². The third kappa shape index (κ3) is 4.64. The standard InChI is InChI=1S/C24H34N4O5/c1-4-26-9-5-7-18(26)14-25-22(29)8-6-10-27-23(30)19-11-16-12-20(32-2)21(33-3)13-17(16)15-28(19)24(27)31/h12-13,18-19H,4-11,14-15H2,1-3H3,(H,25,29)/t18-,19-/m1/s1. The maximum absolute atomic E-state index is 13.0. The van der Waals surface area contributed by atoms with Gasteiger partial charge in [-0.2, -0.15) is 0 Å². The van der Waals surface area contributed by atoms with Crippen LogP contribution in [0.1, 0.15) is 43.7 Å². The molecule has 0 unspecified atom stereocenters. The second-order valence-electron chi connectivity index (χ2n) is 8.93. The van der Waals surface area contributed by atoms with Crippen LogP contribution in [0, 0.1) is 0 Å². The van der Waals surface area contributed by atoms with E-state index in [-0.39, 0.29) is 24.4 Å². The highest BCUT2D eigenvalue weighted by Gasteiger charge is 2.47. The van der Waals surface area contributed by atoms with Gasteiger partial charge >= 0.3 is 6.03 Å². The second kappa shape index (κ2) is 9.99. The summed E-state index contributed by atoms with van der Waals surface area (Å²) in [5.74, 6) is 1.01. The first kappa shape index (κ1) is 23.4. The number of methoxy groups -OCH3 is 2. The van der Waals surface area contributed by atoms with Crippen LogP contribution in [0.15, 0.2) is 12.1 Å². The van der Waals surface area contributed by atoms with Gasteiger partial charge in [0.15, 0.2) is 11.5 Å². The van der Waals surface area contributed by atoms with Gasteiger partial charge < -0.3 is 19.7 Å². The largest absolute Gasteiger partial charge is 0.493 e. The third-order valence-electron chi connectivity index (χ3n) is 7.09. The summed E-state index contributed by atoms with van der Waals surface area (Å²) in [6.45, 7) is 5.51. The first-order valence-electron chi connectivity index (χ1n) is 11.8. The molecule has 3 aliphatic heterocycles. The minimum atomic E-state index is -0.501. The Morgan fingerprint density at radius 2 is 1.88 bits per heavy atom. The Kier molecular flexibility index (Phi) is 7.07. The van der Waals surface area contributed by atoms with E-state index in [0.29, 0.717) is 49.9 Å². The average molecular weight is 459 g/mol. The summed E-state index contributed by atoms with van der Waals surface area (Å²) in [4.78, 5) is 43.5. The quantitative estimate of drug-likeness (QED) is 0.567. The average Bonchev–Trinajstić information content (AvgIpc) is 3.38. The summed E-state index contributed by atoms with van der Waals surface area (Å²) < 4.78 is 10.8. The molecule has 2 atom stereocenters. The summed E-state index contributed by atoms with van der Waals surface area (Å²) in [5.41, 5.74) is 1.95. The molecule has 1 aromatic carbocycles. The van der Waals surface area contributed by atoms with Gasteiger partial charge in [0, 0.05) is 38.5 Å². The minimum Gasteiger partial charge on any atom is -0.493 e. The van der Waals surface area contributed by atoms with E-state index >= 15 is 0 Å². The van der Waals surface area contributed by atoms with Gasteiger partial charge in [-0.15, -0.1) is 0 Å². The number of fused-ring (bicyclic) bond motifs is 2. The van der Waals surface area contributed by atoms with Crippen molar-refractivity contribution in [1.82, 2.24) is 20.0 Å². The number of hydrogen-bond donors (Lipinski definition) is 1. The van der Waals surface area contributed by atoms with Crippen LogP contribution in [0.5, 0.6) is 11.5 Å². The number of hydrogen-bond acceptors (Lipinski definition) is 6. The number of likely N-dealkylation sites (N-methyl/N-ethyl adjacent to an activating group) is 1. The van der Waals surface area contributed by atoms with Crippen LogP contribution in [0.2, 0.25) is 0 Å². The second-order valence-corrected chi connectivity index (χ2v) is 8.93. The van der Waals surface area contributed by atoms with Crippen LogP contribution in [0.25, 0.3) is 0 Å². The highest BCUT2D eigenvalue weighted by atomic mass is 16.5. The summed E-state index contributed by atoms with van der Waals surface area (Å²) in [5, 5.41) is 3.02. The van der Waals surface area contributed by atoms with E-state index in [1.165, 1.54) is 11.3 Å². The zero-order valence-electron chi connectivity index (χ0n) is 19.8. The molecule has 1 aromatic rings. The minimum absolute atomic E-state index is 0.0265. The van der Waals surface area contributed by atoms with E-state index in [4.69, 9.17) is 9.47 Å². The lowest BCUT2D eigenvalue weighted by atomic mass is 9.94. The molecule has 0 spiro atoms. The molecule has 4 amide bonds. The van der Waals surface area contributed by atoms with E-state index in [0.717, 1.165) is 30.6 Å². The van der Waals surface area contributed by atoms with E-state index in [1.54, 1.807) is 19.1 Å². The van der Waals surface area contributed by atoms with Gasteiger partial charge in [0.2, 0.25) is 5.91 Å². The Bertz CT molecular complexity index is 869. The number of nitrogens with one attached hydrogen (secondary N) is 1. The fraction of sp³-hybridized carbons (Fsp3) is 0.625. The fourth-order valence-electron chi connectivity index (χ4n) is 5.23. The number of urea groups is 1. The van der Waals surface area contributed by atoms with Crippen molar-refractivity contribution in [1.29, 1.82) is 0 Å². The molecule has 4 rings (SSSR count). The van der Waals surface area contributed by atoms with Crippen molar-refractivity contribution in [3.05, 3.63) is 23.3 Å². The molecule has 0 aromatic heterocycles. The monoisotopic (exact) mass is 458 g/mol. The molecule has 9 heteroatoms. The smallest absolute Gasteiger partial charge is 0.327 e. The van der Waals surface area contributed by atoms with E-state index in [1.807, 2.05) is 12.1 Å². The van der Waals surface area contributed by atoms with Crippen molar-refractivity contribution in [2.45, 2.75) is 57.7 Å². The molecular formula is C24H34N4O5. The Hall–Kier alpha value is -2.81. The van der Waals surface area contributed by atoms with Crippen LogP contribution >= 0.6 is 0 Å². The van der Waals surface area contributed by atoms with Crippen molar-refractivity contribution < 1.29 is 23.9 Å². The molecule has 0 aliphatic carbocycles. The van der Waals surface area contributed by atoms with Crippen molar-refractivity contribution in [3.8, 4) is 11.5 Å². The van der Waals surface area contributed by atoms with Gasteiger partial charge in [-0.25, -0.2) is 4.79 Å². The highest BCUT2D eigenvalue weighted by Crippen LogP contribution is 2.37. The lowest BCUT2D eigenvalue weighted by Gasteiger charge is -2.29. The summed E-state index contributed by atoms with van der Waals surface area (Å²) in [6, 6.07) is 3.39. The predicted octanol–water partition coefficient (Wildman–Crippen LogP) is 1.77. The molecule has 33 heavy (non-hydrogen) atoms. The van der Waals surface area contributed by atoms with Crippen molar-refractivity contribution in [3.63, 3.8) is 0 Å².